The van der Waals surface area contributed by atoms with E-state index in [0.717, 1.165) is 25.9 Å². The molecule has 2 rings (SSSR count). The topological polar surface area (TPSA) is 119 Å². The molecule has 10 heteroatoms. The highest BCUT2D eigenvalue weighted by atomic mass is 16.5. The van der Waals surface area contributed by atoms with E-state index in [-0.39, 0.29) is 17.8 Å². The Labute approximate surface area is 168 Å². The van der Waals surface area contributed by atoms with Crippen molar-refractivity contribution >= 4 is 22.9 Å². The molecule has 0 aliphatic rings. The molecule has 0 bridgehead atoms. The monoisotopic (exact) mass is 407 g/mol. The summed E-state index contributed by atoms with van der Waals surface area (Å²) >= 11 is 0. The maximum absolute atomic E-state index is 12.6. The van der Waals surface area contributed by atoms with Gasteiger partial charge in [0.2, 0.25) is 0 Å². The standard InChI is InChI=1S/C19H29N5O5/c1-6-9-10-23(7-2)11-13-20-16-15(17(26)21-19(28)22(16)5)24(13)14(12(4)25)18(27)29-8-3/h14H,6-11H2,1-5H3,(H,21,26,28)/t14-/m0/s1. The molecule has 0 saturated heterocycles. The molecule has 0 fully saturated rings. The summed E-state index contributed by atoms with van der Waals surface area (Å²) in [4.78, 5) is 58.4. The molecule has 160 valence electrons. The summed E-state index contributed by atoms with van der Waals surface area (Å²) in [7, 11) is 1.48. The van der Waals surface area contributed by atoms with Gasteiger partial charge in [-0.25, -0.2) is 14.6 Å². The predicted octanol–water partition coefficient (Wildman–Crippen LogP) is 0.739. The van der Waals surface area contributed by atoms with Gasteiger partial charge >= 0.3 is 11.7 Å². The first kappa shape index (κ1) is 22.5. The molecular formula is C19H29N5O5. The van der Waals surface area contributed by atoms with Crippen molar-refractivity contribution in [3.05, 3.63) is 26.7 Å². The van der Waals surface area contributed by atoms with E-state index in [4.69, 9.17) is 4.74 Å². The van der Waals surface area contributed by atoms with Crippen LogP contribution in [0.1, 0.15) is 52.4 Å². The second kappa shape index (κ2) is 9.64. The first-order chi connectivity index (χ1) is 13.8. The van der Waals surface area contributed by atoms with Crippen molar-refractivity contribution in [2.24, 2.45) is 7.05 Å². The van der Waals surface area contributed by atoms with Gasteiger partial charge < -0.3 is 4.74 Å². The number of carbonyl (C=O) groups is 2. The summed E-state index contributed by atoms with van der Waals surface area (Å²) < 4.78 is 7.60. The first-order valence-electron chi connectivity index (χ1n) is 9.86. The Morgan fingerprint density at radius 1 is 1.24 bits per heavy atom. The van der Waals surface area contributed by atoms with E-state index < -0.39 is 29.0 Å². The molecule has 1 N–H and O–H groups in total. The van der Waals surface area contributed by atoms with Gasteiger partial charge in [0.25, 0.3) is 5.56 Å². The Kier molecular flexibility index (Phi) is 7.49. The van der Waals surface area contributed by atoms with Crippen LogP contribution in [0.2, 0.25) is 0 Å². The third-order valence-electron chi connectivity index (χ3n) is 4.82. The number of carbonyl (C=O) groups excluding carboxylic acids is 2. The largest absolute Gasteiger partial charge is 0.464 e. The van der Waals surface area contributed by atoms with Crippen LogP contribution in [0.25, 0.3) is 11.2 Å². The van der Waals surface area contributed by atoms with E-state index in [2.05, 4.69) is 21.8 Å². The second-order valence-corrected chi connectivity index (χ2v) is 6.88. The van der Waals surface area contributed by atoms with E-state index in [0.29, 0.717) is 12.4 Å². The molecule has 0 saturated carbocycles. The van der Waals surface area contributed by atoms with Crippen molar-refractivity contribution in [1.29, 1.82) is 0 Å². The highest BCUT2D eigenvalue weighted by molar-refractivity contribution is 6.01. The smallest absolute Gasteiger partial charge is 0.336 e. The molecule has 2 aromatic heterocycles. The van der Waals surface area contributed by atoms with Gasteiger partial charge in [0, 0.05) is 7.05 Å². The lowest BCUT2D eigenvalue weighted by molar-refractivity contribution is -0.150. The van der Waals surface area contributed by atoms with Gasteiger partial charge in [0.15, 0.2) is 23.0 Å². The van der Waals surface area contributed by atoms with Crippen LogP contribution in [0.4, 0.5) is 0 Å². The Morgan fingerprint density at radius 3 is 2.48 bits per heavy atom. The number of aromatic amines is 1. The fourth-order valence-electron chi connectivity index (χ4n) is 3.24. The number of Topliss-reactive ketones (excluding diaryl/α,β-unsaturated/α-hetero) is 1. The molecule has 0 aromatic carbocycles. The fraction of sp³-hybridized carbons (Fsp3) is 0.632. The van der Waals surface area contributed by atoms with Gasteiger partial charge in [-0.1, -0.05) is 20.3 Å². The Balaban J connectivity index is 2.76. The second-order valence-electron chi connectivity index (χ2n) is 6.88. The quantitative estimate of drug-likeness (QED) is 0.456. The molecule has 1 atom stereocenters. The molecule has 0 unspecified atom stereocenters. The highest BCUT2D eigenvalue weighted by Crippen LogP contribution is 2.21. The molecule has 0 aliphatic carbocycles. The Hall–Kier alpha value is -2.75. The number of H-pyrrole nitrogens is 1. The number of hydrogen-bond donors (Lipinski definition) is 1. The van der Waals surface area contributed by atoms with Gasteiger partial charge in [-0.15, -0.1) is 0 Å². The summed E-state index contributed by atoms with van der Waals surface area (Å²) in [5.74, 6) is -0.878. The number of unbranched alkanes of at least 4 members (excludes halogenated alkanes) is 1. The number of esters is 1. The van der Waals surface area contributed by atoms with Crippen molar-refractivity contribution in [1.82, 2.24) is 24.0 Å². The lowest BCUT2D eigenvalue weighted by Crippen LogP contribution is -2.34. The number of ether oxygens (including phenoxy) is 1. The number of nitrogens with zero attached hydrogens (tertiary/aromatic N) is 4. The minimum Gasteiger partial charge on any atom is -0.464 e. The zero-order valence-corrected chi connectivity index (χ0v) is 17.7. The highest BCUT2D eigenvalue weighted by Gasteiger charge is 2.33. The van der Waals surface area contributed by atoms with Gasteiger partial charge in [0.1, 0.15) is 5.82 Å². The van der Waals surface area contributed by atoms with Crippen LogP contribution in [-0.2, 0) is 27.9 Å². The molecule has 0 amide bonds. The maximum Gasteiger partial charge on any atom is 0.336 e. The Bertz CT molecular complexity index is 1000. The van der Waals surface area contributed by atoms with Crippen LogP contribution < -0.4 is 11.2 Å². The Morgan fingerprint density at radius 2 is 1.93 bits per heavy atom. The van der Waals surface area contributed by atoms with Crippen molar-refractivity contribution in [3.63, 3.8) is 0 Å². The summed E-state index contributed by atoms with van der Waals surface area (Å²) in [6.07, 6.45) is 1.99. The van der Waals surface area contributed by atoms with E-state index >= 15 is 0 Å². The molecule has 0 spiro atoms. The van der Waals surface area contributed by atoms with E-state index in [9.17, 15) is 19.2 Å². The number of aromatic nitrogens is 4. The summed E-state index contributed by atoms with van der Waals surface area (Å²) in [5, 5.41) is 0. The van der Waals surface area contributed by atoms with Crippen LogP contribution in [0.3, 0.4) is 0 Å². The number of imidazole rings is 1. The van der Waals surface area contributed by atoms with Gasteiger partial charge in [-0.2, -0.15) is 0 Å². The van der Waals surface area contributed by atoms with Gasteiger partial charge in [-0.05, 0) is 33.4 Å². The van der Waals surface area contributed by atoms with E-state index in [1.165, 1.54) is 23.1 Å². The van der Waals surface area contributed by atoms with Crippen molar-refractivity contribution in [2.45, 2.75) is 53.1 Å². The van der Waals surface area contributed by atoms with Crippen molar-refractivity contribution in [3.8, 4) is 0 Å². The summed E-state index contributed by atoms with van der Waals surface area (Å²) in [6, 6.07) is -1.35. The third kappa shape index (κ3) is 4.64. The SMILES string of the molecule is CCCCN(CC)Cc1nc2c(c(=O)[nH]c(=O)n2C)n1[C@@H](C(C)=O)C(=O)OCC. The maximum atomic E-state index is 12.6. The molecule has 2 aromatic rings. The van der Waals surface area contributed by atoms with Gasteiger partial charge in [0.05, 0.1) is 13.2 Å². The van der Waals surface area contributed by atoms with Crippen LogP contribution >= 0.6 is 0 Å². The number of nitrogens with one attached hydrogen (secondary N) is 1. The molecule has 0 radical (unpaired) electrons. The predicted molar refractivity (Wildman–Crippen MR) is 108 cm³/mol. The molecule has 0 aliphatic heterocycles. The number of aryl methyl sites for hydroxylation is 1. The first-order valence-corrected chi connectivity index (χ1v) is 9.86. The molecule has 10 nitrogen and oxygen atoms in total. The van der Waals surface area contributed by atoms with Crippen LogP contribution in [-0.4, -0.2) is 55.5 Å². The van der Waals surface area contributed by atoms with Crippen molar-refractivity contribution in [2.75, 3.05) is 19.7 Å². The van der Waals surface area contributed by atoms with Crippen molar-refractivity contribution < 1.29 is 14.3 Å². The van der Waals surface area contributed by atoms with Gasteiger partial charge in [-0.3, -0.25) is 28.6 Å². The number of rotatable bonds is 10. The van der Waals surface area contributed by atoms with Crippen LogP contribution in [0, 0.1) is 0 Å². The fourth-order valence-corrected chi connectivity index (χ4v) is 3.24. The lowest BCUT2D eigenvalue weighted by Gasteiger charge is -2.22. The summed E-state index contributed by atoms with van der Waals surface area (Å²) in [6.45, 7) is 8.94. The van der Waals surface area contributed by atoms with E-state index in [1.807, 2.05) is 6.92 Å². The molecule has 2 heterocycles. The average Bonchev–Trinajstić information content (AvgIpc) is 3.02. The number of fused-ring (bicyclic) bond motifs is 1. The normalized spacial score (nSPS) is 12.5. The zero-order valence-electron chi connectivity index (χ0n) is 17.7. The number of hydrogen-bond acceptors (Lipinski definition) is 7. The molecule has 29 heavy (non-hydrogen) atoms. The lowest BCUT2D eigenvalue weighted by atomic mass is 10.2. The zero-order chi connectivity index (χ0) is 21.7. The number of ketones is 1. The molecular weight excluding hydrogens is 378 g/mol. The average molecular weight is 407 g/mol. The third-order valence-corrected chi connectivity index (χ3v) is 4.82. The summed E-state index contributed by atoms with van der Waals surface area (Å²) in [5.41, 5.74) is -1.20. The van der Waals surface area contributed by atoms with E-state index in [1.54, 1.807) is 6.92 Å². The minimum absolute atomic E-state index is 0.00176. The van der Waals surface area contributed by atoms with Crippen LogP contribution in [0.5, 0.6) is 0 Å². The minimum atomic E-state index is -1.35. The van der Waals surface area contributed by atoms with Crippen LogP contribution in [0.15, 0.2) is 9.59 Å².